The summed E-state index contributed by atoms with van der Waals surface area (Å²) < 4.78 is 27.1. The van der Waals surface area contributed by atoms with Crippen molar-refractivity contribution in [3.8, 4) is 23.0 Å². The van der Waals surface area contributed by atoms with Crippen LogP contribution in [0.2, 0.25) is 5.02 Å². The Bertz CT molecular complexity index is 1010. The summed E-state index contributed by atoms with van der Waals surface area (Å²) in [6.07, 6.45) is 3.46. The lowest BCUT2D eigenvalue weighted by Crippen LogP contribution is -2.14. The Morgan fingerprint density at radius 3 is 2.70 bits per heavy atom. The summed E-state index contributed by atoms with van der Waals surface area (Å²) in [5, 5.41) is 5.13. The number of rotatable bonds is 6. The van der Waals surface area contributed by atoms with E-state index in [-0.39, 0.29) is 6.54 Å². The Kier molecular flexibility index (Phi) is 6.26. The van der Waals surface area contributed by atoms with Crippen molar-refractivity contribution in [2.75, 3.05) is 19.8 Å². The van der Waals surface area contributed by atoms with E-state index >= 15 is 0 Å². The zero-order valence-corrected chi connectivity index (χ0v) is 17.3. The van der Waals surface area contributed by atoms with Gasteiger partial charge in [0.1, 0.15) is 11.9 Å². The van der Waals surface area contributed by atoms with Gasteiger partial charge >= 0.3 is 0 Å². The van der Waals surface area contributed by atoms with E-state index in [0.717, 1.165) is 31.7 Å². The van der Waals surface area contributed by atoms with Crippen LogP contribution in [0.5, 0.6) is 11.6 Å². The number of nitrogens with two attached hydrogens (primary N) is 1. The molecule has 30 heavy (non-hydrogen) atoms. The molecule has 2 N–H and O–H groups in total. The lowest BCUT2D eigenvalue weighted by molar-refractivity contribution is 0.0844. The van der Waals surface area contributed by atoms with Gasteiger partial charge in [-0.1, -0.05) is 11.6 Å². The molecule has 3 heterocycles. The highest BCUT2D eigenvalue weighted by Gasteiger charge is 2.21. The standard InChI is InChI=1S/C21H23ClFN5O2/c1-28-20(9-18(27-28)13-4-6-29-7-5-13)30-19-8-15(22)2-3-16(19)21-25-11-14(12-26-21)17(23)10-24/h2-3,8-9,11-13,17H,4-7,10,24H2,1H3/t17-/m1/s1. The van der Waals surface area contributed by atoms with E-state index in [0.29, 0.717) is 39.5 Å². The van der Waals surface area contributed by atoms with Crippen molar-refractivity contribution in [2.45, 2.75) is 24.9 Å². The molecule has 0 unspecified atom stereocenters. The molecule has 1 fully saturated rings. The molecule has 9 heteroatoms. The summed E-state index contributed by atoms with van der Waals surface area (Å²) in [5.41, 5.74) is 7.33. The maximum Gasteiger partial charge on any atom is 0.217 e. The van der Waals surface area contributed by atoms with Gasteiger partial charge in [-0.25, -0.2) is 19.0 Å². The van der Waals surface area contributed by atoms with Gasteiger partial charge in [0.25, 0.3) is 0 Å². The molecule has 1 aliphatic rings. The van der Waals surface area contributed by atoms with Crippen LogP contribution in [0.15, 0.2) is 36.7 Å². The monoisotopic (exact) mass is 431 g/mol. The highest BCUT2D eigenvalue weighted by Crippen LogP contribution is 2.36. The number of hydrogen-bond donors (Lipinski definition) is 1. The Morgan fingerprint density at radius 2 is 2.00 bits per heavy atom. The molecule has 1 aliphatic heterocycles. The Balaban J connectivity index is 1.62. The highest BCUT2D eigenvalue weighted by atomic mass is 35.5. The number of aryl methyl sites for hydroxylation is 1. The van der Waals surface area contributed by atoms with E-state index in [4.69, 9.17) is 26.8 Å². The van der Waals surface area contributed by atoms with Crippen LogP contribution in [-0.4, -0.2) is 39.5 Å². The summed E-state index contributed by atoms with van der Waals surface area (Å²) in [7, 11) is 1.84. The normalized spacial score (nSPS) is 15.9. The third-order valence-electron chi connectivity index (χ3n) is 5.13. The number of alkyl halides is 1. The van der Waals surface area contributed by atoms with Crippen LogP contribution >= 0.6 is 11.6 Å². The van der Waals surface area contributed by atoms with Crippen molar-refractivity contribution >= 4 is 11.6 Å². The molecular weight excluding hydrogens is 409 g/mol. The summed E-state index contributed by atoms with van der Waals surface area (Å²) in [6, 6.07) is 7.15. The number of benzene rings is 1. The smallest absolute Gasteiger partial charge is 0.217 e. The molecule has 3 aromatic rings. The van der Waals surface area contributed by atoms with Gasteiger partial charge in [0.2, 0.25) is 5.88 Å². The number of aromatic nitrogens is 4. The van der Waals surface area contributed by atoms with Gasteiger partial charge in [-0.15, -0.1) is 0 Å². The maximum atomic E-state index is 13.8. The van der Waals surface area contributed by atoms with Crippen LogP contribution < -0.4 is 10.5 Å². The zero-order valence-electron chi connectivity index (χ0n) is 16.6. The van der Waals surface area contributed by atoms with Gasteiger partial charge in [-0.3, -0.25) is 0 Å². The second-order valence-electron chi connectivity index (χ2n) is 7.20. The molecule has 0 radical (unpaired) electrons. The molecule has 4 rings (SSSR count). The third-order valence-corrected chi connectivity index (χ3v) is 5.37. The predicted molar refractivity (Wildman–Crippen MR) is 111 cm³/mol. The topological polar surface area (TPSA) is 88.1 Å². The van der Waals surface area contributed by atoms with Crippen molar-refractivity contribution in [1.82, 2.24) is 19.7 Å². The minimum atomic E-state index is -1.29. The summed E-state index contributed by atoms with van der Waals surface area (Å²) in [6.45, 7) is 1.37. The fourth-order valence-electron chi connectivity index (χ4n) is 3.41. The molecule has 0 amide bonds. The van der Waals surface area contributed by atoms with Crippen LogP contribution in [0.1, 0.15) is 36.2 Å². The third kappa shape index (κ3) is 4.45. The van der Waals surface area contributed by atoms with E-state index in [1.807, 2.05) is 13.1 Å². The molecular formula is C21H23ClFN5O2. The lowest BCUT2D eigenvalue weighted by atomic mass is 9.97. The Morgan fingerprint density at radius 1 is 1.27 bits per heavy atom. The van der Waals surface area contributed by atoms with Crippen LogP contribution in [0.25, 0.3) is 11.4 Å². The number of halogens is 2. The van der Waals surface area contributed by atoms with Crippen molar-refractivity contribution in [3.05, 3.63) is 52.9 Å². The minimum Gasteiger partial charge on any atom is -0.438 e. The average Bonchev–Trinajstić information content (AvgIpc) is 3.14. The number of nitrogens with zero attached hydrogens (tertiary/aromatic N) is 4. The molecule has 1 aromatic carbocycles. The first-order valence-corrected chi connectivity index (χ1v) is 10.2. The number of hydrogen-bond acceptors (Lipinski definition) is 6. The number of ether oxygens (including phenoxy) is 2. The van der Waals surface area contributed by atoms with Crippen LogP contribution in [-0.2, 0) is 11.8 Å². The quantitative estimate of drug-likeness (QED) is 0.629. The van der Waals surface area contributed by atoms with Crippen molar-refractivity contribution in [3.63, 3.8) is 0 Å². The van der Waals surface area contributed by atoms with E-state index in [1.165, 1.54) is 12.4 Å². The first-order valence-electron chi connectivity index (χ1n) is 9.80. The molecule has 0 saturated carbocycles. The zero-order chi connectivity index (χ0) is 21.1. The van der Waals surface area contributed by atoms with Gasteiger partial charge in [0.05, 0.1) is 11.3 Å². The van der Waals surface area contributed by atoms with Gasteiger partial charge in [0.15, 0.2) is 5.82 Å². The first-order chi connectivity index (χ1) is 14.5. The molecule has 0 spiro atoms. The second-order valence-corrected chi connectivity index (χ2v) is 7.64. The highest BCUT2D eigenvalue weighted by molar-refractivity contribution is 6.30. The van der Waals surface area contributed by atoms with Gasteiger partial charge < -0.3 is 15.2 Å². The summed E-state index contributed by atoms with van der Waals surface area (Å²) in [4.78, 5) is 8.57. The van der Waals surface area contributed by atoms with Gasteiger partial charge in [0, 0.05) is 67.8 Å². The van der Waals surface area contributed by atoms with Gasteiger partial charge in [-0.2, -0.15) is 5.10 Å². The van der Waals surface area contributed by atoms with Crippen molar-refractivity contribution < 1.29 is 13.9 Å². The summed E-state index contributed by atoms with van der Waals surface area (Å²) in [5.74, 6) is 1.84. The molecule has 2 aromatic heterocycles. The van der Waals surface area contributed by atoms with E-state index in [9.17, 15) is 4.39 Å². The molecule has 1 atom stereocenters. The van der Waals surface area contributed by atoms with Crippen molar-refractivity contribution in [2.24, 2.45) is 12.8 Å². The maximum absolute atomic E-state index is 13.8. The lowest BCUT2D eigenvalue weighted by Gasteiger charge is -2.19. The molecule has 0 bridgehead atoms. The van der Waals surface area contributed by atoms with Crippen LogP contribution in [0.3, 0.4) is 0 Å². The first kappa shape index (κ1) is 20.7. The minimum absolute atomic E-state index is 0.117. The second kappa shape index (κ2) is 9.07. The van der Waals surface area contributed by atoms with Crippen LogP contribution in [0.4, 0.5) is 4.39 Å². The van der Waals surface area contributed by atoms with Crippen LogP contribution in [0, 0.1) is 0 Å². The van der Waals surface area contributed by atoms with E-state index in [1.54, 1.807) is 22.9 Å². The molecule has 1 saturated heterocycles. The summed E-state index contributed by atoms with van der Waals surface area (Å²) >= 11 is 6.20. The largest absolute Gasteiger partial charge is 0.438 e. The van der Waals surface area contributed by atoms with E-state index in [2.05, 4.69) is 15.1 Å². The molecule has 0 aliphatic carbocycles. The SMILES string of the molecule is Cn1nc(C2CCOCC2)cc1Oc1cc(Cl)ccc1-c1ncc([C@H](F)CN)cn1. The molecule has 7 nitrogen and oxygen atoms in total. The van der Waals surface area contributed by atoms with Gasteiger partial charge in [-0.05, 0) is 25.0 Å². The average molecular weight is 432 g/mol. The van der Waals surface area contributed by atoms with E-state index < -0.39 is 6.17 Å². The fraction of sp³-hybridized carbons (Fsp3) is 0.381. The Labute approximate surface area is 179 Å². The predicted octanol–water partition coefficient (Wildman–Crippen LogP) is 4.19. The molecule has 158 valence electrons. The Hall–Kier alpha value is -2.55. The van der Waals surface area contributed by atoms with Crippen molar-refractivity contribution in [1.29, 1.82) is 0 Å². The fourth-order valence-corrected chi connectivity index (χ4v) is 3.57.